The molecule has 1 aromatic carbocycles. The van der Waals surface area contributed by atoms with Gasteiger partial charge in [-0.3, -0.25) is 0 Å². The van der Waals surface area contributed by atoms with Crippen LogP contribution in [-0.4, -0.2) is 4.98 Å². The van der Waals surface area contributed by atoms with Gasteiger partial charge in [0.05, 0.1) is 5.69 Å². The van der Waals surface area contributed by atoms with E-state index in [0.29, 0.717) is 6.54 Å². The summed E-state index contributed by atoms with van der Waals surface area (Å²) in [7, 11) is 0. The summed E-state index contributed by atoms with van der Waals surface area (Å²) < 4.78 is 12.8. The lowest BCUT2D eigenvalue weighted by molar-refractivity contribution is 0.628. The van der Waals surface area contributed by atoms with E-state index in [-0.39, 0.29) is 5.82 Å². The van der Waals surface area contributed by atoms with E-state index in [9.17, 15) is 4.39 Å². The molecule has 0 bridgehead atoms. The first-order valence-corrected chi connectivity index (χ1v) is 6.00. The van der Waals surface area contributed by atoms with Gasteiger partial charge in [0.1, 0.15) is 10.8 Å². The van der Waals surface area contributed by atoms with Gasteiger partial charge in [-0.05, 0) is 30.7 Å². The molecular formula is C12H13FN2S. The van der Waals surface area contributed by atoms with Crippen LogP contribution in [0.25, 0.3) is 10.6 Å². The lowest BCUT2D eigenvalue weighted by atomic mass is 10.2. The quantitative estimate of drug-likeness (QED) is 0.889. The van der Waals surface area contributed by atoms with Crippen molar-refractivity contribution in [2.24, 2.45) is 5.73 Å². The largest absolute Gasteiger partial charge is 0.326 e. The predicted molar refractivity (Wildman–Crippen MR) is 64.8 cm³/mol. The molecule has 0 aliphatic carbocycles. The fraction of sp³-hybridized carbons (Fsp3) is 0.250. The topological polar surface area (TPSA) is 38.9 Å². The molecule has 16 heavy (non-hydrogen) atoms. The number of hydrogen-bond donors (Lipinski definition) is 1. The van der Waals surface area contributed by atoms with Crippen LogP contribution in [0.15, 0.2) is 24.3 Å². The Morgan fingerprint density at radius 3 is 2.50 bits per heavy atom. The van der Waals surface area contributed by atoms with E-state index in [1.807, 2.05) is 0 Å². The molecule has 0 aliphatic heterocycles. The first kappa shape index (κ1) is 11.2. The third-order valence-corrected chi connectivity index (χ3v) is 3.56. The summed E-state index contributed by atoms with van der Waals surface area (Å²) in [5, 5.41) is 0.914. The Morgan fingerprint density at radius 2 is 2.00 bits per heavy atom. The van der Waals surface area contributed by atoms with Gasteiger partial charge in [0.2, 0.25) is 0 Å². The molecule has 1 heterocycles. The minimum absolute atomic E-state index is 0.227. The van der Waals surface area contributed by atoms with Gasteiger partial charge in [-0.2, -0.15) is 0 Å². The second-order valence-electron chi connectivity index (χ2n) is 3.45. The number of benzene rings is 1. The highest BCUT2D eigenvalue weighted by atomic mass is 32.1. The zero-order valence-electron chi connectivity index (χ0n) is 9.03. The molecule has 2 aromatic rings. The second-order valence-corrected chi connectivity index (χ2v) is 4.54. The van der Waals surface area contributed by atoms with E-state index in [1.54, 1.807) is 23.5 Å². The Kier molecular flexibility index (Phi) is 3.31. The van der Waals surface area contributed by atoms with Gasteiger partial charge >= 0.3 is 0 Å². The molecule has 0 radical (unpaired) electrons. The number of aryl methyl sites for hydroxylation is 1. The minimum atomic E-state index is -0.227. The number of halogens is 1. The standard InChI is InChI=1S/C12H13FN2S/c1-2-10-11(7-14)16-12(15-10)8-3-5-9(13)6-4-8/h3-6H,2,7,14H2,1H3. The summed E-state index contributed by atoms with van der Waals surface area (Å²) >= 11 is 1.58. The SMILES string of the molecule is CCc1nc(-c2ccc(F)cc2)sc1CN. The van der Waals surface area contributed by atoms with Gasteiger partial charge in [-0.25, -0.2) is 9.37 Å². The van der Waals surface area contributed by atoms with Crippen molar-refractivity contribution < 1.29 is 4.39 Å². The zero-order valence-corrected chi connectivity index (χ0v) is 9.85. The molecule has 0 aliphatic rings. The van der Waals surface area contributed by atoms with Crippen molar-refractivity contribution in [3.63, 3.8) is 0 Å². The maximum Gasteiger partial charge on any atom is 0.123 e. The molecule has 0 saturated heterocycles. The maximum absolute atomic E-state index is 12.8. The zero-order chi connectivity index (χ0) is 11.5. The van der Waals surface area contributed by atoms with Crippen LogP contribution in [0, 0.1) is 5.82 Å². The summed E-state index contributed by atoms with van der Waals surface area (Å²) in [6.45, 7) is 2.57. The van der Waals surface area contributed by atoms with Crippen molar-refractivity contribution in [2.75, 3.05) is 0 Å². The number of aromatic nitrogens is 1. The third kappa shape index (κ3) is 2.13. The van der Waals surface area contributed by atoms with E-state index in [1.165, 1.54) is 12.1 Å². The summed E-state index contributed by atoms with van der Waals surface area (Å²) in [4.78, 5) is 5.63. The van der Waals surface area contributed by atoms with E-state index in [2.05, 4.69) is 11.9 Å². The molecule has 0 amide bonds. The van der Waals surface area contributed by atoms with Gasteiger partial charge < -0.3 is 5.73 Å². The van der Waals surface area contributed by atoms with Gasteiger partial charge in [0, 0.05) is 17.0 Å². The van der Waals surface area contributed by atoms with Gasteiger partial charge in [0.25, 0.3) is 0 Å². The smallest absolute Gasteiger partial charge is 0.123 e. The summed E-state index contributed by atoms with van der Waals surface area (Å²) in [6, 6.07) is 6.39. The van der Waals surface area contributed by atoms with Crippen LogP contribution in [0.4, 0.5) is 4.39 Å². The summed E-state index contributed by atoms with van der Waals surface area (Å²) in [6.07, 6.45) is 0.879. The lowest BCUT2D eigenvalue weighted by Crippen LogP contribution is -1.96. The first-order chi connectivity index (χ1) is 7.74. The first-order valence-electron chi connectivity index (χ1n) is 5.19. The maximum atomic E-state index is 12.8. The molecule has 0 unspecified atom stereocenters. The van der Waals surface area contributed by atoms with Gasteiger partial charge in [-0.1, -0.05) is 6.92 Å². The van der Waals surface area contributed by atoms with E-state index in [0.717, 1.165) is 27.6 Å². The molecule has 1 aromatic heterocycles. The molecule has 84 valence electrons. The Labute approximate surface area is 97.9 Å². The highest BCUT2D eigenvalue weighted by Crippen LogP contribution is 2.28. The number of thiazole rings is 1. The minimum Gasteiger partial charge on any atom is -0.326 e. The van der Waals surface area contributed by atoms with E-state index in [4.69, 9.17) is 5.73 Å². The Morgan fingerprint density at radius 1 is 1.31 bits per heavy atom. The molecular weight excluding hydrogens is 223 g/mol. The Balaban J connectivity index is 2.40. The van der Waals surface area contributed by atoms with Crippen LogP contribution in [0.2, 0.25) is 0 Å². The fourth-order valence-corrected chi connectivity index (χ4v) is 2.57. The highest BCUT2D eigenvalue weighted by molar-refractivity contribution is 7.15. The fourth-order valence-electron chi connectivity index (χ4n) is 1.53. The number of hydrogen-bond acceptors (Lipinski definition) is 3. The van der Waals surface area contributed by atoms with Crippen LogP contribution in [0.1, 0.15) is 17.5 Å². The van der Waals surface area contributed by atoms with E-state index < -0.39 is 0 Å². The Bertz CT molecular complexity index is 455. The van der Waals surface area contributed by atoms with Gasteiger partial charge in [0.15, 0.2) is 0 Å². The van der Waals surface area contributed by atoms with Crippen molar-refractivity contribution in [1.82, 2.24) is 4.98 Å². The summed E-state index contributed by atoms with van der Waals surface area (Å²) in [5.74, 6) is -0.227. The Hall–Kier alpha value is -1.26. The van der Waals surface area contributed by atoms with Crippen molar-refractivity contribution >= 4 is 11.3 Å². The molecule has 2 N–H and O–H groups in total. The van der Waals surface area contributed by atoms with Gasteiger partial charge in [-0.15, -0.1) is 11.3 Å². The molecule has 0 spiro atoms. The van der Waals surface area contributed by atoms with Crippen LogP contribution in [-0.2, 0) is 13.0 Å². The predicted octanol–water partition coefficient (Wildman–Crippen LogP) is 2.97. The normalized spacial score (nSPS) is 10.7. The average molecular weight is 236 g/mol. The van der Waals surface area contributed by atoms with Crippen LogP contribution < -0.4 is 5.73 Å². The second kappa shape index (κ2) is 4.72. The summed E-state index contributed by atoms with van der Waals surface area (Å²) in [5.41, 5.74) is 7.65. The molecule has 4 heteroatoms. The van der Waals surface area contributed by atoms with Crippen molar-refractivity contribution in [1.29, 1.82) is 0 Å². The van der Waals surface area contributed by atoms with E-state index >= 15 is 0 Å². The molecule has 0 fully saturated rings. The molecule has 0 atom stereocenters. The monoisotopic (exact) mass is 236 g/mol. The van der Waals surface area contributed by atoms with Crippen molar-refractivity contribution in [2.45, 2.75) is 19.9 Å². The molecule has 0 saturated carbocycles. The lowest BCUT2D eigenvalue weighted by Gasteiger charge is -1.94. The van der Waals surface area contributed by atoms with Crippen molar-refractivity contribution in [3.05, 3.63) is 40.7 Å². The molecule has 2 rings (SSSR count). The highest BCUT2D eigenvalue weighted by Gasteiger charge is 2.09. The molecule has 2 nitrogen and oxygen atoms in total. The van der Waals surface area contributed by atoms with Crippen LogP contribution >= 0.6 is 11.3 Å². The number of rotatable bonds is 3. The number of nitrogens with zero attached hydrogens (tertiary/aromatic N) is 1. The van der Waals surface area contributed by atoms with Crippen LogP contribution in [0.5, 0.6) is 0 Å². The number of nitrogens with two attached hydrogens (primary N) is 1. The average Bonchev–Trinajstić information content (AvgIpc) is 2.73. The van der Waals surface area contributed by atoms with Crippen LogP contribution in [0.3, 0.4) is 0 Å². The third-order valence-electron chi connectivity index (χ3n) is 2.39. The van der Waals surface area contributed by atoms with Crippen molar-refractivity contribution in [3.8, 4) is 10.6 Å².